The highest BCUT2D eigenvalue weighted by Crippen LogP contribution is 2.40. The molecule has 128 valence electrons. The quantitative estimate of drug-likeness (QED) is 0.863. The zero-order valence-corrected chi connectivity index (χ0v) is 14.2. The van der Waals surface area contributed by atoms with E-state index in [1.807, 2.05) is 6.07 Å². The molecule has 0 saturated carbocycles. The average molecular weight is 350 g/mol. The Morgan fingerprint density at radius 2 is 2.00 bits per heavy atom. The summed E-state index contributed by atoms with van der Waals surface area (Å²) in [6, 6.07) is 1.88. The Bertz CT molecular complexity index is 845. The fourth-order valence-electron chi connectivity index (χ4n) is 3.75. The molecule has 0 spiro atoms. The normalized spacial score (nSPS) is 17.4. The van der Waals surface area contributed by atoms with Crippen molar-refractivity contribution in [3.63, 3.8) is 0 Å². The maximum absolute atomic E-state index is 12.4. The van der Waals surface area contributed by atoms with Crippen molar-refractivity contribution in [2.75, 3.05) is 19.9 Å². The predicted molar refractivity (Wildman–Crippen MR) is 91.7 cm³/mol. The summed E-state index contributed by atoms with van der Waals surface area (Å²) < 4.78 is 11.5. The maximum atomic E-state index is 12.4. The fourth-order valence-corrected chi connectivity index (χ4v) is 4.03. The van der Waals surface area contributed by atoms with E-state index in [-0.39, 0.29) is 12.2 Å². The SMILES string of the molecule is O=c1oc2c3c(c(Cl)cc2c2c1CCCC2)OCN(CCCO)C3. The van der Waals surface area contributed by atoms with Crippen molar-refractivity contribution in [3.05, 3.63) is 38.2 Å². The second kappa shape index (κ2) is 6.39. The van der Waals surface area contributed by atoms with E-state index in [0.717, 1.165) is 54.3 Å². The molecule has 5 nitrogen and oxygen atoms in total. The van der Waals surface area contributed by atoms with Crippen molar-refractivity contribution in [1.82, 2.24) is 4.90 Å². The Morgan fingerprint density at radius 3 is 2.79 bits per heavy atom. The molecule has 0 amide bonds. The smallest absolute Gasteiger partial charge is 0.339 e. The van der Waals surface area contributed by atoms with Gasteiger partial charge in [0.15, 0.2) is 0 Å². The molecule has 0 bridgehead atoms. The van der Waals surface area contributed by atoms with Crippen LogP contribution < -0.4 is 10.4 Å². The first-order valence-corrected chi connectivity index (χ1v) is 8.83. The van der Waals surface area contributed by atoms with Crippen molar-refractivity contribution < 1.29 is 14.3 Å². The molecule has 0 unspecified atom stereocenters. The molecule has 0 atom stereocenters. The lowest BCUT2D eigenvalue weighted by atomic mass is 9.90. The minimum Gasteiger partial charge on any atom is -0.476 e. The van der Waals surface area contributed by atoms with Crippen LogP contribution >= 0.6 is 11.6 Å². The number of nitrogens with zero attached hydrogens (tertiary/aromatic N) is 1. The van der Waals surface area contributed by atoms with E-state index in [0.29, 0.717) is 36.1 Å². The van der Waals surface area contributed by atoms with Crippen LogP contribution in [0.2, 0.25) is 5.02 Å². The summed E-state index contributed by atoms with van der Waals surface area (Å²) in [5.41, 5.74) is 3.11. The second-order valence-corrected chi connectivity index (χ2v) is 6.91. The third-order valence-corrected chi connectivity index (χ3v) is 5.20. The summed E-state index contributed by atoms with van der Waals surface area (Å²) in [7, 11) is 0. The predicted octanol–water partition coefficient (Wildman–Crippen LogP) is 2.86. The van der Waals surface area contributed by atoms with E-state index in [9.17, 15) is 4.79 Å². The number of rotatable bonds is 3. The lowest BCUT2D eigenvalue weighted by Gasteiger charge is -2.30. The van der Waals surface area contributed by atoms with Crippen LogP contribution in [0.15, 0.2) is 15.3 Å². The second-order valence-electron chi connectivity index (χ2n) is 6.50. The van der Waals surface area contributed by atoms with Gasteiger partial charge in [-0.1, -0.05) is 11.6 Å². The van der Waals surface area contributed by atoms with Crippen LogP contribution in [0.1, 0.15) is 36.0 Å². The summed E-state index contributed by atoms with van der Waals surface area (Å²) in [5, 5.41) is 10.5. The van der Waals surface area contributed by atoms with Crippen LogP contribution in [0.25, 0.3) is 11.0 Å². The number of aryl methyl sites for hydroxylation is 1. The van der Waals surface area contributed by atoms with Crippen LogP contribution in [0.3, 0.4) is 0 Å². The van der Waals surface area contributed by atoms with Gasteiger partial charge in [-0.2, -0.15) is 0 Å². The van der Waals surface area contributed by atoms with E-state index in [2.05, 4.69) is 4.90 Å². The highest BCUT2D eigenvalue weighted by molar-refractivity contribution is 6.33. The molecule has 1 aliphatic heterocycles. The first-order chi connectivity index (χ1) is 11.7. The van der Waals surface area contributed by atoms with Crippen molar-refractivity contribution in [2.45, 2.75) is 38.6 Å². The molecule has 0 radical (unpaired) electrons. The summed E-state index contributed by atoms with van der Waals surface area (Å²) in [6.45, 7) is 1.89. The number of ether oxygens (including phenoxy) is 1. The minimum absolute atomic E-state index is 0.141. The van der Waals surface area contributed by atoms with Crippen molar-refractivity contribution >= 4 is 22.6 Å². The number of halogens is 1. The van der Waals surface area contributed by atoms with Crippen LogP contribution in [0.4, 0.5) is 0 Å². The summed E-state index contributed by atoms with van der Waals surface area (Å²) in [6.07, 6.45) is 4.46. The monoisotopic (exact) mass is 349 g/mol. The first-order valence-electron chi connectivity index (χ1n) is 8.45. The van der Waals surface area contributed by atoms with E-state index >= 15 is 0 Å². The van der Waals surface area contributed by atoms with Gasteiger partial charge >= 0.3 is 5.63 Å². The summed E-state index contributed by atoms with van der Waals surface area (Å²) in [5.74, 6) is 0.614. The maximum Gasteiger partial charge on any atom is 0.339 e. The Labute approximate surface area is 144 Å². The number of aliphatic hydroxyl groups is 1. The highest BCUT2D eigenvalue weighted by Gasteiger charge is 2.27. The van der Waals surface area contributed by atoms with E-state index in [4.69, 9.17) is 25.9 Å². The number of fused-ring (bicyclic) bond motifs is 5. The lowest BCUT2D eigenvalue weighted by molar-refractivity contribution is 0.0887. The molecule has 0 saturated heterocycles. The van der Waals surface area contributed by atoms with Gasteiger partial charge in [0.05, 0.1) is 10.6 Å². The zero-order chi connectivity index (χ0) is 16.7. The van der Waals surface area contributed by atoms with Gasteiger partial charge in [0.25, 0.3) is 0 Å². The Morgan fingerprint density at radius 1 is 1.21 bits per heavy atom. The van der Waals surface area contributed by atoms with Gasteiger partial charge in [-0.05, 0) is 43.7 Å². The Kier molecular flexibility index (Phi) is 4.24. The zero-order valence-electron chi connectivity index (χ0n) is 13.4. The van der Waals surface area contributed by atoms with Gasteiger partial charge in [-0.25, -0.2) is 4.79 Å². The van der Waals surface area contributed by atoms with Crippen molar-refractivity contribution in [3.8, 4) is 5.75 Å². The number of hydrogen-bond acceptors (Lipinski definition) is 5. The summed E-state index contributed by atoms with van der Waals surface area (Å²) in [4.78, 5) is 14.5. The molecule has 2 heterocycles. The van der Waals surface area contributed by atoms with Gasteiger partial charge in [-0.15, -0.1) is 0 Å². The Balaban J connectivity index is 1.88. The molecule has 2 aliphatic rings. The number of aliphatic hydroxyl groups excluding tert-OH is 1. The first kappa shape index (κ1) is 15.9. The van der Waals surface area contributed by atoms with Gasteiger partial charge in [0.2, 0.25) is 0 Å². The molecule has 6 heteroatoms. The van der Waals surface area contributed by atoms with Gasteiger partial charge in [-0.3, -0.25) is 4.90 Å². The largest absolute Gasteiger partial charge is 0.476 e. The van der Waals surface area contributed by atoms with Gasteiger partial charge < -0.3 is 14.3 Å². The molecular formula is C18H20ClNO4. The lowest BCUT2D eigenvalue weighted by Crippen LogP contribution is -2.33. The molecular weight excluding hydrogens is 330 g/mol. The highest BCUT2D eigenvalue weighted by atomic mass is 35.5. The summed E-state index contributed by atoms with van der Waals surface area (Å²) >= 11 is 6.45. The molecule has 1 aromatic carbocycles. The van der Waals surface area contributed by atoms with Gasteiger partial charge in [0, 0.05) is 30.6 Å². The van der Waals surface area contributed by atoms with E-state index in [1.54, 1.807) is 0 Å². The molecule has 1 aliphatic carbocycles. The fraction of sp³-hybridized carbons (Fsp3) is 0.500. The van der Waals surface area contributed by atoms with Gasteiger partial charge in [0.1, 0.15) is 18.1 Å². The molecule has 1 aromatic heterocycles. The molecule has 24 heavy (non-hydrogen) atoms. The number of hydrogen-bond donors (Lipinski definition) is 1. The van der Waals surface area contributed by atoms with E-state index in [1.165, 1.54) is 0 Å². The van der Waals surface area contributed by atoms with Crippen LogP contribution in [0, 0.1) is 0 Å². The van der Waals surface area contributed by atoms with Crippen LogP contribution in [0.5, 0.6) is 5.75 Å². The van der Waals surface area contributed by atoms with E-state index < -0.39 is 0 Å². The van der Waals surface area contributed by atoms with Crippen LogP contribution in [-0.4, -0.2) is 29.9 Å². The molecule has 0 fully saturated rings. The van der Waals surface area contributed by atoms with Crippen LogP contribution in [-0.2, 0) is 19.4 Å². The Hall–Kier alpha value is -1.56. The third kappa shape index (κ3) is 2.61. The minimum atomic E-state index is -0.228. The van der Waals surface area contributed by atoms with Crippen molar-refractivity contribution in [1.29, 1.82) is 0 Å². The number of benzene rings is 1. The average Bonchev–Trinajstić information content (AvgIpc) is 2.61. The molecule has 1 N–H and O–H groups in total. The molecule has 2 aromatic rings. The standard InChI is InChI=1S/C18H20ClNO4/c19-15-8-13-11-4-1-2-5-12(11)18(22)24-16(13)14-9-20(6-3-7-21)10-23-17(14)15/h8,21H,1-7,9-10H2. The topological polar surface area (TPSA) is 62.9 Å². The molecule has 4 rings (SSSR count). The third-order valence-electron chi connectivity index (χ3n) is 4.92. The van der Waals surface area contributed by atoms with Crippen molar-refractivity contribution in [2.24, 2.45) is 0 Å².